The van der Waals surface area contributed by atoms with Gasteiger partial charge in [-0.1, -0.05) is 17.7 Å². The molecule has 0 bridgehead atoms. The third kappa shape index (κ3) is 3.38. The van der Waals surface area contributed by atoms with Crippen LogP contribution in [0, 0.1) is 5.92 Å². The van der Waals surface area contributed by atoms with Crippen LogP contribution in [0.1, 0.15) is 33.1 Å². The molecule has 1 saturated carbocycles. The second kappa shape index (κ2) is 5.36. The monoisotopic (exact) mass is 226 g/mol. The number of aliphatic imine (C=N–C) groups is 1. The molecule has 1 rings (SSSR count). The predicted molar refractivity (Wildman–Crippen MR) is 67.2 cm³/mol. The van der Waals surface area contributed by atoms with Gasteiger partial charge in [-0.2, -0.15) is 0 Å². The fraction of sp³-hybridized carbons (Fsp3) is 0.583. The van der Waals surface area contributed by atoms with Gasteiger partial charge in [-0.3, -0.25) is 4.99 Å². The molecule has 84 valence electrons. The Kier molecular flexibility index (Phi) is 4.40. The molecule has 0 spiro atoms. The number of nitrogens with two attached hydrogens (primary N) is 1. The van der Waals surface area contributed by atoms with Crippen molar-refractivity contribution in [2.45, 2.75) is 33.1 Å². The second-order valence-electron chi connectivity index (χ2n) is 3.99. The van der Waals surface area contributed by atoms with Gasteiger partial charge in [-0.05, 0) is 44.6 Å². The van der Waals surface area contributed by atoms with Gasteiger partial charge in [0.15, 0.2) is 0 Å². The fourth-order valence-electron chi connectivity index (χ4n) is 1.50. The summed E-state index contributed by atoms with van der Waals surface area (Å²) in [5, 5.41) is 0.615. The Morgan fingerprint density at radius 1 is 1.53 bits per heavy atom. The van der Waals surface area contributed by atoms with Crippen molar-refractivity contribution < 1.29 is 0 Å². The van der Waals surface area contributed by atoms with Gasteiger partial charge in [0.05, 0.1) is 10.7 Å². The van der Waals surface area contributed by atoms with Gasteiger partial charge in [0.1, 0.15) is 0 Å². The van der Waals surface area contributed by atoms with Crippen LogP contribution in [0.3, 0.4) is 0 Å². The van der Waals surface area contributed by atoms with E-state index in [1.165, 1.54) is 12.8 Å². The Labute approximate surface area is 96.9 Å². The summed E-state index contributed by atoms with van der Waals surface area (Å²) in [6.45, 7) is 3.87. The maximum absolute atomic E-state index is 5.99. The Bertz CT molecular complexity index is 323. The molecular weight excluding hydrogens is 208 g/mol. The Morgan fingerprint density at radius 2 is 2.13 bits per heavy atom. The van der Waals surface area contributed by atoms with Gasteiger partial charge in [0.2, 0.25) is 0 Å². The third-order valence-corrected chi connectivity index (χ3v) is 3.22. The van der Waals surface area contributed by atoms with Crippen molar-refractivity contribution in [3.05, 3.63) is 22.4 Å². The molecule has 0 aromatic carbocycles. The highest BCUT2D eigenvalue weighted by Crippen LogP contribution is 2.34. The molecule has 0 aliphatic heterocycles. The van der Waals surface area contributed by atoms with Gasteiger partial charge in [-0.25, -0.2) is 0 Å². The van der Waals surface area contributed by atoms with Crippen molar-refractivity contribution in [1.82, 2.24) is 0 Å². The van der Waals surface area contributed by atoms with E-state index in [-0.39, 0.29) is 0 Å². The van der Waals surface area contributed by atoms with E-state index in [1.807, 2.05) is 27.0 Å². The number of rotatable bonds is 4. The number of hydrogen-bond acceptors (Lipinski definition) is 2. The summed E-state index contributed by atoms with van der Waals surface area (Å²) < 4.78 is 0. The molecule has 0 saturated heterocycles. The van der Waals surface area contributed by atoms with E-state index in [2.05, 4.69) is 4.99 Å². The summed E-state index contributed by atoms with van der Waals surface area (Å²) >= 11 is 5.99. The minimum absolute atomic E-state index is 0.615. The molecule has 1 aliphatic rings. The Hall–Kier alpha value is -0.760. The van der Waals surface area contributed by atoms with Crippen LogP contribution < -0.4 is 5.73 Å². The lowest BCUT2D eigenvalue weighted by atomic mass is 10.0. The van der Waals surface area contributed by atoms with Crippen molar-refractivity contribution in [2.75, 3.05) is 7.05 Å². The zero-order valence-corrected chi connectivity index (χ0v) is 10.4. The zero-order chi connectivity index (χ0) is 11.4. The predicted octanol–water partition coefficient (Wildman–Crippen LogP) is 3.23. The van der Waals surface area contributed by atoms with Crippen LogP contribution in [-0.4, -0.2) is 12.8 Å². The first-order valence-corrected chi connectivity index (χ1v) is 5.72. The Balaban J connectivity index is 2.82. The van der Waals surface area contributed by atoms with E-state index < -0.39 is 0 Å². The lowest BCUT2D eigenvalue weighted by Crippen LogP contribution is -2.10. The second-order valence-corrected chi connectivity index (χ2v) is 4.40. The van der Waals surface area contributed by atoms with Crippen LogP contribution in [0.15, 0.2) is 27.4 Å². The van der Waals surface area contributed by atoms with Crippen molar-refractivity contribution >= 4 is 17.3 Å². The average Bonchev–Trinajstić information content (AvgIpc) is 3.06. The highest BCUT2D eigenvalue weighted by molar-refractivity contribution is 6.32. The Morgan fingerprint density at radius 3 is 2.53 bits per heavy atom. The normalized spacial score (nSPS) is 20.3. The minimum atomic E-state index is 0.615. The smallest absolute Gasteiger partial charge is 0.0596 e. The SMILES string of the molecule is C/C=C(Cl)\C(N)=C(\C)C(CC1CC1)=NC. The first-order chi connectivity index (χ1) is 7.10. The largest absolute Gasteiger partial charge is 0.397 e. The first kappa shape index (κ1) is 12.3. The lowest BCUT2D eigenvalue weighted by molar-refractivity contribution is 0.889. The summed E-state index contributed by atoms with van der Waals surface area (Å²) in [5.41, 5.74) is 8.71. The molecule has 2 nitrogen and oxygen atoms in total. The quantitative estimate of drug-likeness (QED) is 0.580. The van der Waals surface area contributed by atoms with Gasteiger partial charge in [0, 0.05) is 12.8 Å². The van der Waals surface area contributed by atoms with Gasteiger partial charge >= 0.3 is 0 Å². The molecular formula is C12H19ClN2. The molecule has 0 aromatic heterocycles. The molecule has 2 N–H and O–H groups in total. The highest BCUT2D eigenvalue weighted by Gasteiger charge is 2.24. The molecule has 15 heavy (non-hydrogen) atoms. The van der Waals surface area contributed by atoms with E-state index in [1.54, 1.807) is 0 Å². The molecule has 3 heteroatoms. The molecule has 0 aromatic rings. The zero-order valence-electron chi connectivity index (χ0n) is 9.68. The molecule has 0 atom stereocenters. The average molecular weight is 227 g/mol. The van der Waals surface area contributed by atoms with Crippen LogP contribution in [0.5, 0.6) is 0 Å². The van der Waals surface area contributed by atoms with E-state index in [0.717, 1.165) is 23.6 Å². The number of halogens is 1. The molecule has 0 radical (unpaired) electrons. The summed E-state index contributed by atoms with van der Waals surface area (Å²) in [6.07, 6.45) is 5.49. The van der Waals surface area contributed by atoms with E-state index in [9.17, 15) is 0 Å². The van der Waals surface area contributed by atoms with Crippen molar-refractivity contribution in [3.63, 3.8) is 0 Å². The fourth-order valence-corrected chi connectivity index (χ4v) is 1.64. The molecule has 0 unspecified atom stereocenters. The molecule has 1 fully saturated rings. The maximum Gasteiger partial charge on any atom is 0.0596 e. The van der Waals surface area contributed by atoms with E-state index >= 15 is 0 Å². The van der Waals surface area contributed by atoms with E-state index in [0.29, 0.717) is 10.7 Å². The van der Waals surface area contributed by atoms with Crippen molar-refractivity contribution in [1.29, 1.82) is 0 Å². The maximum atomic E-state index is 5.99. The van der Waals surface area contributed by atoms with Crippen LogP contribution in [0.4, 0.5) is 0 Å². The molecule has 0 amide bonds. The van der Waals surface area contributed by atoms with Crippen LogP contribution in [0.2, 0.25) is 0 Å². The number of allylic oxidation sites excluding steroid dienone is 3. The van der Waals surface area contributed by atoms with Gasteiger partial charge in [-0.15, -0.1) is 0 Å². The van der Waals surface area contributed by atoms with Crippen LogP contribution in [-0.2, 0) is 0 Å². The van der Waals surface area contributed by atoms with Crippen LogP contribution >= 0.6 is 11.6 Å². The van der Waals surface area contributed by atoms with E-state index in [4.69, 9.17) is 17.3 Å². The highest BCUT2D eigenvalue weighted by atomic mass is 35.5. The summed E-state index contributed by atoms with van der Waals surface area (Å²) in [6, 6.07) is 0. The number of nitrogens with zero attached hydrogens (tertiary/aromatic N) is 1. The topological polar surface area (TPSA) is 38.4 Å². The van der Waals surface area contributed by atoms with Gasteiger partial charge in [0.25, 0.3) is 0 Å². The third-order valence-electron chi connectivity index (χ3n) is 2.80. The standard InChI is InChI=1S/C12H19ClN2/c1-4-10(13)12(14)8(2)11(15-3)7-9-5-6-9/h4,9H,5-7,14H2,1-3H3/b10-4+,12-8+,15-11?. The minimum Gasteiger partial charge on any atom is -0.397 e. The summed E-state index contributed by atoms with van der Waals surface area (Å²) in [7, 11) is 1.82. The summed E-state index contributed by atoms with van der Waals surface area (Å²) in [4.78, 5) is 4.30. The molecule has 0 heterocycles. The van der Waals surface area contributed by atoms with Gasteiger partial charge < -0.3 is 5.73 Å². The molecule has 1 aliphatic carbocycles. The van der Waals surface area contributed by atoms with Crippen molar-refractivity contribution in [2.24, 2.45) is 16.6 Å². The van der Waals surface area contributed by atoms with Crippen molar-refractivity contribution in [3.8, 4) is 0 Å². The number of hydrogen-bond donors (Lipinski definition) is 1. The summed E-state index contributed by atoms with van der Waals surface area (Å²) in [5.74, 6) is 0.816. The first-order valence-electron chi connectivity index (χ1n) is 5.34. The van der Waals surface area contributed by atoms with Crippen LogP contribution in [0.25, 0.3) is 0 Å². The lowest BCUT2D eigenvalue weighted by Gasteiger charge is -2.09.